The van der Waals surface area contributed by atoms with Crippen molar-refractivity contribution in [3.63, 3.8) is 0 Å². The highest BCUT2D eigenvalue weighted by Gasteiger charge is 2.17. The summed E-state index contributed by atoms with van der Waals surface area (Å²) in [6.07, 6.45) is 3.77. The van der Waals surface area contributed by atoms with Gasteiger partial charge in [0.15, 0.2) is 17.3 Å². The van der Waals surface area contributed by atoms with Crippen molar-refractivity contribution in [2.75, 3.05) is 26.6 Å². The summed E-state index contributed by atoms with van der Waals surface area (Å²) in [5, 5.41) is 11.1. The fourth-order valence-corrected chi connectivity index (χ4v) is 3.13. The number of rotatable bonds is 8. The highest BCUT2D eigenvalue weighted by atomic mass is 16.5. The SMILES string of the molecule is COc1cc(C(=O)Nc2ccc(Oc3ccc(-n4cccc4)nn3)cc2)cc(OC)c1OC. The minimum Gasteiger partial charge on any atom is -0.493 e. The lowest BCUT2D eigenvalue weighted by Crippen LogP contribution is -2.12. The van der Waals surface area contributed by atoms with E-state index in [0.29, 0.717) is 45.9 Å². The van der Waals surface area contributed by atoms with Crippen LogP contribution in [0.3, 0.4) is 0 Å². The number of ether oxygens (including phenoxy) is 4. The Kier molecular flexibility index (Phi) is 6.40. The monoisotopic (exact) mass is 446 g/mol. The van der Waals surface area contributed by atoms with Gasteiger partial charge in [-0.1, -0.05) is 0 Å². The van der Waals surface area contributed by atoms with Crippen molar-refractivity contribution in [2.24, 2.45) is 0 Å². The number of anilines is 1. The van der Waals surface area contributed by atoms with Crippen LogP contribution in [-0.2, 0) is 0 Å². The Balaban J connectivity index is 1.43. The van der Waals surface area contributed by atoms with Crippen LogP contribution in [-0.4, -0.2) is 42.0 Å². The Morgan fingerprint density at radius 3 is 2.06 bits per heavy atom. The lowest BCUT2D eigenvalue weighted by molar-refractivity contribution is 0.102. The first kappa shape index (κ1) is 21.7. The molecule has 4 rings (SSSR count). The van der Waals surface area contributed by atoms with E-state index in [2.05, 4.69) is 15.5 Å². The summed E-state index contributed by atoms with van der Waals surface area (Å²) in [6, 6.07) is 17.5. The minimum atomic E-state index is -0.325. The van der Waals surface area contributed by atoms with Gasteiger partial charge in [0.05, 0.1) is 21.3 Å². The number of methoxy groups -OCH3 is 3. The molecule has 1 N–H and O–H groups in total. The highest BCUT2D eigenvalue weighted by molar-refractivity contribution is 6.05. The maximum Gasteiger partial charge on any atom is 0.255 e. The molecule has 168 valence electrons. The minimum absolute atomic E-state index is 0.325. The zero-order valence-electron chi connectivity index (χ0n) is 18.3. The largest absolute Gasteiger partial charge is 0.493 e. The second-order valence-corrected chi connectivity index (χ2v) is 6.81. The van der Waals surface area contributed by atoms with E-state index in [1.54, 1.807) is 42.5 Å². The quantitative estimate of drug-likeness (QED) is 0.430. The van der Waals surface area contributed by atoms with Gasteiger partial charge in [-0.05, 0) is 54.6 Å². The second kappa shape index (κ2) is 9.73. The fourth-order valence-electron chi connectivity index (χ4n) is 3.13. The van der Waals surface area contributed by atoms with Crippen molar-refractivity contribution in [3.05, 3.63) is 78.6 Å². The van der Waals surface area contributed by atoms with Crippen molar-refractivity contribution < 1.29 is 23.7 Å². The molecule has 0 aliphatic heterocycles. The molecule has 1 amide bonds. The molecule has 0 radical (unpaired) electrons. The third-order valence-electron chi connectivity index (χ3n) is 4.76. The Bertz CT molecular complexity index is 1200. The molecule has 9 nitrogen and oxygen atoms in total. The van der Waals surface area contributed by atoms with Crippen LogP contribution < -0.4 is 24.3 Å². The maximum absolute atomic E-state index is 12.7. The predicted molar refractivity (Wildman–Crippen MR) is 122 cm³/mol. The van der Waals surface area contributed by atoms with Crippen LogP contribution in [0.1, 0.15) is 10.4 Å². The van der Waals surface area contributed by atoms with Gasteiger partial charge < -0.3 is 28.8 Å². The van der Waals surface area contributed by atoms with Gasteiger partial charge >= 0.3 is 0 Å². The number of nitrogens with one attached hydrogen (secondary N) is 1. The second-order valence-electron chi connectivity index (χ2n) is 6.81. The zero-order chi connectivity index (χ0) is 23.2. The molecule has 0 fully saturated rings. The third kappa shape index (κ3) is 4.87. The Morgan fingerprint density at radius 2 is 1.52 bits per heavy atom. The molecule has 9 heteroatoms. The molecule has 0 unspecified atom stereocenters. The smallest absolute Gasteiger partial charge is 0.255 e. The van der Waals surface area contributed by atoms with E-state index in [1.165, 1.54) is 21.3 Å². The Morgan fingerprint density at radius 1 is 0.848 bits per heavy atom. The molecular weight excluding hydrogens is 424 g/mol. The number of amides is 1. The van der Waals surface area contributed by atoms with E-state index >= 15 is 0 Å². The van der Waals surface area contributed by atoms with Gasteiger partial charge in [0, 0.05) is 29.7 Å². The van der Waals surface area contributed by atoms with Crippen LogP contribution in [0.25, 0.3) is 5.82 Å². The third-order valence-corrected chi connectivity index (χ3v) is 4.76. The van der Waals surface area contributed by atoms with Crippen molar-refractivity contribution >= 4 is 11.6 Å². The lowest BCUT2D eigenvalue weighted by Gasteiger charge is -2.14. The van der Waals surface area contributed by atoms with Crippen LogP contribution in [0.15, 0.2) is 73.1 Å². The average molecular weight is 446 g/mol. The summed E-state index contributed by atoms with van der Waals surface area (Å²) in [4.78, 5) is 12.7. The first-order valence-electron chi connectivity index (χ1n) is 9.97. The first-order chi connectivity index (χ1) is 16.1. The van der Waals surface area contributed by atoms with E-state index in [1.807, 2.05) is 35.2 Å². The van der Waals surface area contributed by atoms with Gasteiger partial charge in [-0.3, -0.25) is 4.79 Å². The summed E-state index contributed by atoms with van der Waals surface area (Å²) in [5.41, 5.74) is 0.957. The van der Waals surface area contributed by atoms with E-state index in [-0.39, 0.29) is 5.91 Å². The molecule has 0 bridgehead atoms. The topological polar surface area (TPSA) is 96.7 Å². The van der Waals surface area contributed by atoms with E-state index in [9.17, 15) is 4.79 Å². The highest BCUT2D eigenvalue weighted by Crippen LogP contribution is 2.38. The van der Waals surface area contributed by atoms with Crippen LogP contribution in [0.5, 0.6) is 28.9 Å². The number of hydrogen-bond donors (Lipinski definition) is 1. The van der Waals surface area contributed by atoms with Crippen LogP contribution in [0.4, 0.5) is 5.69 Å². The van der Waals surface area contributed by atoms with E-state index in [4.69, 9.17) is 18.9 Å². The molecular formula is C24H22N4O5. The number of carbonyl (C=O) groups is 1. The van der Waals surface area contributed by atoms with Gasteiger partial charge in [-0.2, -0.15) is 0 Å². The number of benzene rings is 2. The summed E-state index contributed by atoms with van der Waals surface area (Å²) in [6.45, 7) is 0. The average Bonchev–Trinajstić information content (AvgIpc) is 3.39. The van der Waals surface area contributed by atoms with Crippen LogP contribution in [0.2, 0.25) is 0 Å². The molecule has 0 atom stereocenters. The molecule has 0 spiro atoms. The molecule has 2 aromatic carbocycles. The Hall–Kier alpha value is -4.53. The summed E-state index contributed by atoms with van der Waals surface area (Å²) in [5.74, 6) is 2.50. The molecule has 0 aliphatic carbocycles. The number of carbonyl (C=O) groups excluding carboxylic acids is 1. The van der Waals surface area contributed by atoms with Gasteiger partial charge in [0.25, 0.3) is 5.91 Å². The molecule has 0 aliphatic rings. The van der Waals surface area contributed by atoms with Gasteiger partial charge in [-0.25, -0.2) is 0 Å². The first-order valence-corrected chi connectivity index (χ1v) is 9.97. The standard InChI is InChI=1S/C24H22N4O5/c1-30-19-14-16(15-20(31-2)23(19)32-3)24(29)25-17-6-8-18(9-7-17)33-22-11-10-21(26-27-22)28-12-4-5-13-28/h4-15H,1-3H3,(H,25,29). The number of nitrogens with zero attached hydrogens (tertiary/aromatic N) is 3. The molecule has 2 aromatic heterocycles. The van der Waals surface area contributed by atoms with Crippen LogP contribution >= 0.6 is 0 Å². The van der Waals surface area contributed by atoms with E-state index in [0.717, 1.165) is 0 Å². The maximum atomic E-state index is 12.7. The van der Waals surface area contributed by atoms with Crippen molar-refractivity contribution in [3.8, 4) is 34.7 Å². The van der Waals surface area contributed by atoms with Gasteiger partial charge in [-0.15, -0.1) is 10.2 Å². The van der Waals surface area contributed by atoms with Crippen LogP contribution in [0, 0.1) is 0 Å². The molecule has 33 heavy (non-hydrogen) atoms. The molecule has 4 aromatic rings. The van der Waals surface area contributed by atoms with Gasteiger partial charge in [0.1, 0.15) is 5.75 Å². The summed E-state index contributed by atoms with van der Waals surface area (Å²) < 4.78 is 23.5. The lowest BCUT2D eigenvalue weighted by atomic mass is 10.1. The zero-order valence-corrected chi connectivity index (χ0v) is 18.3. The normalized spacial score (nSPS) is 10.4. The van der Waals surface area contributed by atoms with Crippen molar-refractivity contribution in [2.45, 2.75) is 0 Å². The number of aromatic nitrogens is 3. The Labute approximate surface area is 190 Å². The predicted octanol–water partition coefficient (Wildman–Crippen LogP) is 4.34. The molecule has 2 heterocycles. The van der Waals surface area contributed by atoms with Gasteiger partial charge in [0.2, 0.25) is 11.6 Å². The number of hydrogen-bond acceptors (Lipinski definition) is 7. The molecule has 0 saturated carbocycles. The van der Waals surface area contributed by atoms with E-state index < -0.39 is 0 Å². The summed E-state index contributed by atoms with van der Waals surface area (Å²) >= 11 is 0. The molecule has 0 saturated heterocycles. The fraction of sp³-hybridized carbons (Fsp3) is 0.125. The van der Waals surface area contributed by atoms with Crippen molar-refractivity contribution in [1.29, 1.82) is 0 Å². The van der Waals surface area contributed by atoms with Crippen molar-refractivity contribution in [1.82, 2.24) is 14.8 Å². The summed E-state index contributed by atoms with van der Waals surface area (Å²) in [7, 11) is 4.50.